The van der Waals surface area contributed by atoms with E-state index in [0.717, 1.165) is 5.56 Å². The van der Waals surface area contributed by atoms with Crippen LogP contribution in [0.15, 0.2) is 112 Å². The van der Waals surface area contributed by atoms with Crippen molar-refractivity contribution in [2.45, 2.75) is 93.0 Å². The molecule has 20 heteroatoms. The normalized spacial score (nSPS) is 27.2. The molecule has 0 spiro atoms. The zero-order valence-electron chi connectivity index (χ0n) is 38.8. The summed E-state index contributed by atoms with van der Waals surface area (Å²) in [5.41, 5.74) is 2.33. The van der Waals surface area contributed by atoms with Gasteiger partial charge in [0.15, 0.2) is 23.2 Å². The molecule has 2 fully saturated rings. The molecule has 72 heavy (non-hydrogen) atoms. The molecule has 11 N–H and O–H groups in total. The minimum Gasteiger partial charge on any atom is -0.508 e. The van der Waals surface area contributed by atoms with Gasteiger partial charge in [0.1, 0.15) is 82.7 Å². The van der Waals surface area contributed by atoms with E-state index < -0.39 is 70.9 Å². The molecule has 6 aliphatic rings. The molecular formula is C52H52N6O14. The van der Waals surface area contributed by atoms with Crippen LogP contribution in [0.4, 0.5) is 5.82 Å². The number of amidine groups is 1. The molecule has 3 aromatic carbocycles. The number of phenolic OH excluding ortho intramolecular Hbond substituents is 2. The van der Waals surface area contributed by atoms with Gasteiger partial charge in [0.25, 0.3) is 0 Å². The Morgan fingerprint density at radius 2 is 1.79 bits per heavy atom. The van der Waals surface area contributed by atoms with Gasteiger partial charge in [-0.05, 0) is 115 Å². The standard InChI is InChI=1S/C52H52N6O14/c1-2-26-16-30(19-31(59)17-26)50(12-3-4-13-50)72-45-39(21-38-42(44(45)62)35(60)20-37(69-38)28-5-7-32(8-6-28)68-24-36(61)33-9-10-40(53)58-33)70-49-51(66)22-29(15-27-11-14-56-41(54)18-27)43(34-23-55-25-57-34)52(67,48(51)65)46(71-49)47(63)64/h5-11,14,16-22,25,36-37,43,46,48-49,53,59-62,65-67H,2-4,12-13,15,23-24H2,1H3,(H2,54,56)(H,63,64)/t36-,37?,43-,46+,48-,49+,51+,52+/m0/s1. The van der Waals surface area contributed by atoms with E-state index in [4.69, 9.17) is 34.8 Å². The van der Waals surface area contributed by atoms with Crippen LogP contribution in [0.5, 0.6) is 34.5 Å². The number of nitrogens with one attached hydrogen (secondary N) is 1. The first-order valence-corrected chi connectivity index (χ1v) is 23.4. The average molecular weight is 985 g/mol. The number of nitrogens with two attached hydrogens (primary N) is 1. The number of aromatic hydroxyl groups is 2. The molecule has 10 rings (SSSR count). The van der Waals surface area contributed by atoms with Gasteiger partial charge in [-0.25, -0.2) is 19.8 Å². The van der Waals surface area contributed by atoms with Crippen molar-refractivity contribution in [2.75, 3.05) is 18.9 Å². The van der Waals surface area contributed by atoms with E-state index in [1.165, 1.54) is 42.9 Å². The minimum atomic E-state index is -2.77. The average Bonchev–Trinajstić information content (AvgIpc) is 4.16. The molecule has 1 unspecified atom stereocenters. The van der Waals surface area contributed by atoms with Crippen LogP contribution < -0.4 is 24.7 Å². The highest BCUT2D eigenvalue weighted by Crippen LogP contribution is 2.57. The predicted molar refractivity (Wildman–Crippen MR) is 260 cm³/mol. The van der Waals surface area contributed by atoms with E-state index in [1.807, 2.05) is 13.0 Å². The van der Waals surface area contributed by atoms with Crippen LogP contribution >= 0.6 is 0 Å². The van der Waals surface area contributed by atoms with Crippen molar-refractivity contribution in [3.63, 3.8) is 0 Å². The summed E-state index contributed by atoms with van der Waals surface area (Å²) in [6.07, 6.45) is 2.21. The summed E-state index contributed by atoms with van der Waals surface area (Å²) in [7, 11) is 0. The summed E-state index contributed by atoms with van der Waals surface area (Å²) in [4.78, 5) is 29.8. The smallest absolute Gasteiger partial charge is 0.336 e. The Labute approximate surface area is 411 Å². The van der Waals surface area contributed by atoms with Crippen LogP contribution in [-0.4, -0.2) is 124 Å². The maximum Gasteiger partial charge on any atom is 0.336 e. The fraction of sp³-hybridized carbons (Fsp3) is 0.346. The zero-order valence-corrected chi connectivity index (χ0v) is 38.8. The lowest BCUT2D eigenvalue weighted by molar-refractivity contribution is -0.338. The van der Waals surface area contributed by atoms with E-state index in [2.05, 4.69) is 20.0 Å². The number of ether oxygens (including phenoxy) is 5. The van der Waals surface area contributed by atoms with Crippen LogP contribution in [0.3, 0.4) is 0 Å². The fourth-order valence-corrected chi connectivity index (χ4v) is 10.5. The number of benzene rings is 3. The Morgan fingerprint density at radius 1 is 1.01 bits per heavy atom. The molecule has 4 aromatic rings. The Balaban J connectivity index is 1.06. The largest absolute Gasteiger partial charge is 0.508 e. The summed E-state index contributed by atoms with van der Waals surface area (Å²) in [6.45, 7) is 1.73. The highest BCUT2D eigenvalue weighted by Gasteiger charge is 2.71. The van der Waals surface area contributed by atoms with E-state index in [-0.39, 0.29) is 71.1 Å². The molecule has 1 saturated heterocycles. The van der Waals surface area contributed by atoms with Crippen molar-refractivity contribution in [3.8, 4) is 34.5 Å². The summed E-state index contributed by atoms with van der Waals surface area (Å²) in [6, 6.07) is 16.1. The number of hydrogen-bond donors (Lipinski definition) is 10. The number of phenols is 2. The summed E-state index contributed by atoms with van der Waals surface area (Å²) >= 11 is 0. The van der Waals surface area contributed by atoms with Crippen LogP contribution in [0, 0.1) is 11.3 Å². The number of hydrogen-bond acceptors (Lipinski definition) is 18. The third kappa shape index (κ3) is 8.49. The highest BCUT2D eigenvalue weighted by molar-refractivity contribution is 6.15. The van der Waals surface area contributed by atoms with Crippen molar-refractivity contribution in [1.82, 2.24) is 4.98 Å². The molecular weight excluding hydrogens is 933 g/mol. The zero-order chi connectivity index (χ0) is 50.7. The Morgan fingerprint density at radius 3 is 2.47 bits per heavy atom. The lowest BCUT2D eigenvalue weighted by atomic mass is 9.60. The summed E-state index contributed by atoms with van der Waals surface area (Å²) in [5.74, 6) is -4.48. The number of aromatic nitrogens is 1. The minimum absolute atomic E-state index is 0.0111. The summed E-state index contributed by atoms with van der Waals surface area (Å²) < 4.78 is 31.7. The van der Waals surface area contributed by atoms with Crippen molar-refractivity contribution in [2.24, 2.45) is 20.9 Å². The number of fused-ring (bicyclic) bond motifs is 3. The van der Waals surface area contributed by atoms with E-state index >= 15 is 0 Å². The second-order valence-electron chi connectivity index (χ2n) is 18.7. The molecule has 2 aliphatic carbocycles. The van der Waals surface area contributed by atoms with Gasteiger partial charge in [-0.2, -0.15) is 0 Å². The van der Waals surface area contributed by atoms with Crippen molar-refractivity contribution in [1.29, 1.82) is 5.41 Å². The fourth-order valence-electron chi connectivity index (χ4n) is 10.5. The molecule has 0 amide bonds. The Hall–Kier alpha value is -7.62. The van der Waals surface area contributed by atoms with Gasteiger partial charge < -0.3 is 70.3 Å². The second kappa shape index (κ2) is 18.5. The van der Waals surface area contributed by atoms with Crippen LogP contribution in [0.25, 0.3) is 5.76 Å². The van der Waals surface area contributed by atoms with E-state index in [1.54, 1.807) is 48.5 Å². The first-order valence-electron chi connectivity index (χ1n) is 23.4. The first kappa shape index (κ1) is 48.0. The molecule has 5 heterocycles. The molecule has 4 aliphatic heterocycles. The third-order valence-corrected chi connectivity index (χ3v) is 14.0. The third-order valence-electron chi connectivity index (χ3n) is 14.0. The van der Waals surface area contributed by atoms with Crippen molar-refractivity contribution >= 4 is 41.1 Å². The van der Waals surface area contributed by atoms with E-state index in [9.17, 15) is 45.6 Å². The lowest BCUT2D eigenvalue weighted by Gasteiger charge is -2.57. The molecule has 0 radical (unpaired) electrons. The number of aliphatic imine (C=N–C) groups is 3. The number of aryl methyl sites for hydroxylation is 1. The Kier molecular flexibility index (Phi) is 12.4. The van der Waals surface area contributed by atoms with Gasteiger partial charge in [-0.15, -0.1) is 0 Å². The SMILES string of the molecule is CCc1cc(O)cc(C2(Oc3c(O[C@@H]4O[C@H](C(=O)O)[C@]5(O)[C@H](C6=NC=NC6)C(Cc6ccnc(N)c6)=C[C@@]4(O)[C@@H]5O)cc4c(c3O)C(O)=CC(c3ccc(OC[C@H](O)C5=NC(=N)C=C5)cc3)O4)CCCC2)c1. The van der Waals surface area contributed by atoms with Gasteiger partial charge in [-0.3, -0.25) is 10.4 Å². The highest BCUT2D eigenvalue weighted by atomic mass is 16.7. The molecule has 8 atom stereocenters. The lowest BCUT2D eigenvalue weighted by Crippen LogP contribution is -2.79. The van der Waals surface area contributed by atoms with Crippen LogP contribution in [0.2, 0.25) is 0 Å². The first-order chi connectivity index (χ1) is 34.5. The predicted octanol–water partition coefficient (Wildman–Crippen LogP) is 4.54. The number of aliphatic carboxylic acids is 1. The van der Waals surface area contributed by atoms with Crippen molar-refractivity contribution < 1.29 is 69.3 Å². The topological polar surface area (TPSA) is 325 Å². The number of nitrogens with zero attached hydrogens (tertiary/aromatic N) is 4. The maximum absolute atomic E-state index is 13.3. The quantitative estimate of drug-likeness (QED) is 0.0731. The van der Waals surface area contributed by atoms with Gasteiger partial charge >= 0.3 is 5.97 Å². The van der Waals surface area contributed by atoms with Gasteiger partial charge in [0, 0.05) is 18.3 Å². The van der Waals surface area contributed by atoms with Crippen molar-refractivity contribution in [3.05, 3.63) is 125 Å². The van der Waals surface area contributed by atoms with Gasteiger partial charge in [0.05, 0.1) is 23.9 Å². The molecule has 20 nitrogen and oxygen atoms in total. The number of carboxylic acid groups (broad SMARTS) is 1. The van der Waals surface area contributed by atoms with Gasteiger partial charge in [-0.1, -0.05) is 30.7 Å². The number of pyridine rings is 1. The summed E-state index contributed by atoms with van der Waals surface area (Å²) in [5, 5.41) is 102. The number of anilines is 1. The molecule has 1 saturated carbocycles. The molecule has 374 valence electrons. The monoisotopic (exact) mass is 984 g/mol. The van der Waals surface area contributed by atoms with Crippen LogP contribution in [0.1, 0.15) is 66.5 Å². The number of aliphatic hydroxyl groups is 5. The second-order valence-corrected chi connectivity index (χ2v) is 18.7. The molecule has 1 aromatic heterocycles. The number of rotatable bonds is 15. The van der Waals surface area contributed by atoms with Gasteiger partial charge in [0.2, 0.25) is 12.0 Å². The molecule has 2 bridgehead atoms. The van der Waals surface area contributed by atoms with Crippen LogP contribution in [-0.2, 0) is 28.0 Å². The Bertz CT molecular complexity index is 3040. The van der Waals surface area contributed by atoms with E-state index in [0.29, 0.717) is 60.3 Å². The number of nitrogen functional groups attached to an aromatic ring is 1. The number of carboxylic acids is 1. The maximum atomic E-state index is 13.3. The number of carbonyl (C=O) groups is 1. The number of aliphatic hydroxyl groups excluding tert-OH is 3.